The van der Waals surface area contributed by atoms with Crippen molar-refractivity contribution >= 4 is 17.8 Å². The van der Waals surface area contributed by atoms with Gasteiger partial charge >= 0.3 is 11.9 Å². The summed E-state index contributed by atoms with van der Waals surface area (Å²) in [6.07, 6.45) is 0.123. The average Bonchev–Trinajstić information content (AvgIpc) is 2.88. The monoisotopic (exact) mass is 548 g/mol. The smallest absolute Gasteiger partial charge is 0.328 e. The van der Waals surface area contributed by atoms with E-state index in [0.717, 1.165) is 31.2 Å². The van der Waals surface area contributed by atoms with Gasteiger partial charge in [-0.1, -0.05) is 12.1 Å². The summed E-state index contributed by atoms with van der Waals surface area (Å²) in [5.41, 5.74) is -0.0781. The van der Waals surface area contributed by atoms with E-state index in [2.05, 4.69) is 10.3 Å². The van der Waals surface area contributed by atoms with E-state index in [4.69, 9.17) is 14.2 Å². The standard InChI is InChI=1S/C27H24F4N2O6/c1-13(33-26(35)24-25(39-15(3)34)22(37-4)9-10-32-24)27(36)38-14(2)23(16-5-7-18(28)20(30)11-16)17-6-8-19(29)21(31)12-17/h5-14,23H,1-4H3,(H,33,35)/t13-,14-/m0/s1. The molecule has 206 valence electrons. The molecule has 0 saturated heterocycles. The number of nitrogens with one attached hydrogen (secondary N) is 1. The lowest BCUT2D eigenvalue weighted by Crippen LogP contribution is -2.41. The molecule has 0 aliphatic rings. The van der Waals surface area contributed by atoms with E-state index >= 15 is 0 Å². The Morgan fingerprint density at radius 1 is 0.872 bits per heavy atom. The van der Waals surface area contributed by atoms with Crippen LogP contribution in [0.5, 0.6) is 11.5 Å². The van der Waals surface area contributed by atoms with Crippen LogP contribution in [0.25, 0.3) is 0 Å². The number of hydrogen-bond acceptors (Lipinski definition) is 7. The molecule has 0 radical (unpaired) electrons. The molecule has 0 saturated carbocycles. The molecule has 1 heterocycles. The van der Waals surface area contributed by atoms with Gasteiger partial charge in [0.15, 0.2) is 34.7 Å². The molecule has 39 heavy (non-hydrogen) atoms. The zero-order valence-electron chi connectivity index (χ0n) is 21.3. The van der Waals surface area contributed by atoms with Gasteiger partial charge < -0.3 is 19.5 Å². The number of benzene rings is 2. The second-order valence-corrected chi connectivity index (χ2v) is 8.45. The molecule has 0 bridgehead atoms. The molecule has 0 unspecified atom stereocenters. The maximum atomic E-state index is 14.0. The van der Waals surface area contributed by atoms with E-state index in [1.165, 1.54) is 45.4 Å². The summed E-state index contributed by atoms with van der Waals surface area (Å²) in [4.78, 5) is 41.1. The topological polar surface area (TPSA) is 104 Å². The maximum absolute atomic E-state index is 14.0. The summed E-state index contributed by atoms with van der Waals surface area (Å²) in [5.74, 6) is -8.42. The zero-order valence-corrected chi connectivity index (χ0v) is 21.3. The molecule has 3 aromatic rings. The number of pyridine rings is 1. The Labute approximate surface area is 220 Å². The van der Waals surface area contributed by atoms with Gasteiger partial charge in [0, 0.05) is 25.1 Å². The van der Waals surface area contributed by atoms with Crippen molar-refractivity contribution < 1.29 is 46.2 Å². The first-order valence-electron chi connectivity index (χ1n) is 11.6. The van der Waals surface area contributed by atoms with Gasteiger partial charge in [-0.05, 0) is 49.2 Å². The summed E-state index contributed by atoms with van der Waals surface area (Å²) >= 11 is 0. The van der Waals surface area contributed by atoms with Crippen LogP contribution in [-0.2, 0) is 14.3 Å². The lowest BCUT2D eigenvalue weighted by Gasteiger charge is -2.26. The van der Waals surface area contributed by atoms with E-state index in [0.29, 0.717) is 0 Å². The minimum absolute atomic E-state index is 0.0510. The fourth-order valence-corrected chi connectivity index (χ4v) is 3.82. The van der Waals surface area contributed by atoms with E-state index in [9.17, 15) is 31.9 Å². The van der Waals surface area contributed by atoms with E-state index < -0.39 is 59.2 Å². The lowest BCUT2D eigenvalue weighted by molar-refractivity contribution is -0.150. The van der Waals surface area contributed by atoms with Crippen molar-refractivity contribution in [2.45, 2.75) is 38.8 Å². The molecule has 1 N–H and O–H groups in total. The van der Waals surface area contributed by atoms with Crippen molar-refractivity contribution in [1.82, 2.24) is 10.3 Å². The largest absolute Gasteiger partial charge is 0.493 e. The Bertz CT molecular complexity index is 1350. The third-order valence-electron chi connectivity index (χ3n) is 5.63. The number of amides is 1. The van der Waals surface area contributed by atoms with Crippen molar-refractivity contribution in [2.75, 3.05) is 7.11 Å². The van der Waals surface area contributed by atoms with Gasteiger partial charge in [-0.3, -0.25) is 9.59 Å². The summed E-state index contributed by atoms with van der Waals surface area (Å²) in [7, 11) is 1.29. The molecule has 1 aromatic heterocycles. The molecule has 0 aliphatic carbocycles. The number of ether oxygens (including phenoxy) is 3. The Hall–Kier alpha value is -4.48. The van der Waals surface area contributed by atoms with Crippen LogP contribution in [-0.4, -0.2) is 42.1 Å². The molecular formula is C27H24F4N2O6. The first-order valence-corrected chi connectivity index (χ1v) is 11.6. The van der Waals surface area contributed by atoms with Gasteiger partial charge in [0.05, 0.1) is 7.11 Å². The highest BCUT2D eigenvalue weighted by Crippen LogP contribution is 2.32. The lowest BCUT2D eigenvalue weighted by atomic mass is 9.87. The summed E-state index contributed by atoms with van der Waals surface area (Å²) in [6, 6.07) is 5.99. The predicted molar refractivity (Wildman–Crippen MR) is 129 cm³/mol. The molecular weight excluding hydrogens is 524 g/mol. The Balaban J connectivity index is 1.84. The number of rotatable bonds is 9. The average molecular weight is 548 g/mol. The highest BCUT2D eigenvalue weighted by atomic mass is 19.2. The molecule has 0 aliphatic heterocycles. The number of hydrogen-bond donors (Lipinski definition) is 1. The quantitative estimate of drug-likeness (QED) is 0.311. The summed E-state index contributed by atoms with van der Waals surface area (Å²) < 4.78 is 70.8. The Morgan fingerprint density at radius 2 is 1.44 bits per heavy atom. The van der Waals surface area contributed by atoms with Gasteiger partial charge in [-0.2, -0.15) is 0 Å². The van der Waals surface area contributed by atoms with Crippen LogP contribution in [0.15, 0.2) is 48.7 Å². The number of carbonyl (C=O) groups excluding carboxylic acids is 3. The van der Waals surface area contributed by atoms with Crippen LogP contribution >= 0.6 is 0 Å². The third kappa shape index (κ3) is 6.89. The molecule has 0 fully saturated rings. The predicted octanol–water partition coefficient (Wildman–Crippen LogP) is 4.45. The van der Waals surface area contributed by atoms with Crippen LogP contribution in [0, 0.1) is 23.3 Å². The van der Waals surface area contributed by atoms with Gasteiger partial charge in [0.2, 0.25) is 5.75 Å². The minimum atomic E-state index is -1.27. The normalized spacial score (nSPS) is 12.4. The van der Waals surface area contributed by atoms with Crippen molar-refractivity contribution in [3.05, 3.63) is 88.8 Å². The van der Waals surface area contributed by atoms with Crippen molar-refractivity contribution in [3.8, 4) is 11.5 Å². The number of nitrogens with zero attached hydrogens (tertiary/aromatic N) is 1. The molecule has 2 atom stereocenters. The fourth-order valence-electron chi connectivity index (χ4n) is 3.82. The van der Waals surface area contributed by atoms with Crippen LogP contribution in [0.2, 0.25) is 0 Å². The number of esters is 2. The van der Waals surface area contributed by atoms with Gasteiger partial charge in [-0.15, -0.1) is 0 Å². The molecule has 2 aromatic carbocycles. The Kier molecular flexibility index (Phi) is 9.23. The zero-order chi connectivity index (χ0) is 28.9. The highest BCUT2D eigenvalue weighted by Gasteiger charge is 2.30. The second-order valence-electron chi connectivity index (χ2n) is 8.45. The van der Waals surface area contributed by atoms with E-state index in [1.807, 2.05) is 0 Å². The number of aromatic nitrogens is 1. The first-order chi connectivity index (χ1) is 18.4. The van der Waals surface area contributed by atoms with Crippen molar-refractivity contribution in [1.29, 1.82) is 0 Å². The van der Waals surface area contributed by atoms with E-state index in [-0.39, 0.29) is 28.3 Å². The van der Waals surface area contributed by atoms with Crippen molar-refractivity contribution in [2.24, 2.45) is 0 Å². The van der Waals surface area contributed by atoms with E-state index in [1.54, 1.807) is 0 Å². The van der Waals surface area contributed by atoms with Crippen molar-refractivity contribution in [3.63, 3.8) is 0 Å². The minimum Gasteiger partial charge on any atom is -0.493 e. The van der Waals surface area contributed by atoms with Crippen LogP contribution in [0.3, 0.4) is 0 Å². The number of methoxy groups -OCH3 is 1. The SMILES string of the molecule is COc1ccnc(C(=O)N[C@@H](C)C(=O)O[C@@H](C)C(c2ccc(F)c(F)c2)c2ccc(F)c(F)c2)c1OC(C)=O. The molecule has 0 spiro atoms. The van der Waals surface area contributed by atoms with Gasteiger partial charge in [-0.25, -0.2) is 27.3 Å². The summed E-state index contributed by atoms with van der Waals surface area (Å²) in [5, 5.41) is 2.38. The highest BCUT2D eigenvalue weighted by molar-refractivity contribution is 5.98. The third-order valence-corrected chi connectivity index (χ3v) is 5.63. The molecule has 12 heteroatoms. The molecule has 8 nitrogen and oxygen atoms in total. The summed E-state index contributed by atoms with van der Waals surface area (Å²) in [6.45, 7) is 3.84. The van der Waals surface area contributed by atoms with Gasteiger partial charge in [0.1, 0.15) is 12.1 Å². The fraction of sp³-hybridized carbons (Fsp3) is 0.259. The maximum Gasteiger partial charge on any atom is 0.328 e. The van der Waals surface area contributed by atoms with Crippen LogP contribution in [0.1, 0.15) is 48.3 Å². The molecule has 1 amide bonds. The number of halogens is 4. The molecule has 3 rings (SSSR count). The number of carbonyl (C=O) groups is 3. The van der Waals surface area contributed by atoms with Gasteiger partial charge in [0.25, 0.3) is 5.91 Å². The van der Waals surface area contributed by atoms with Crippen LogP contribution in [0.4, 0.5) is 17.6 Å². The van der Waals surface area contributed by atoms with Crippen LogP contribution < -0.4 is 14.8 Å². The second kappa shape index (κ2) is 12.4. The Morgan fingerprint density at radius 3 is 1.92 bits per heavy atom. The first kappa shape index (κ1) is 29.1.